The lowest BCUT2D eigenvalue weighted by atomic mass is 10.1. The van der Waals surface area contributed by atoms with Gasteiger partial charge in [-0.3, -0.25) is 14.5 Å². The van der Waals surface area contributed by atoms with Gasteiger partial charge in [-0.25, -0.2) is 0 Å². The Kier molecular flexibility index (Phi) is 5.77. The van der Waals surface area contributed by atoms with Gasteiger partial charge in [0.2, 0.25) is 5.91 Å². The summed E-state index contributed by atoms with van der Waals surface area (Å²) in [6.07, 6.45) is 2.46. The quantitative estimate of drug-likeness (QED) is 0.812. The Hall–Kier alpha value is -2.08. The van der Waals surface area contributed by atoms with Gasteiger partial charge in [-0.05, 0) is 30.5 Å². The van der Waals surface area contributed by atoms with E-state index in [1.54, 1.807) is 12.1 Å². The Balaban J connectivity index is 0.000000545. The highest BCUT2D eigenvalue weighted by Gasteiger charge is 2.34. The third kappa shape index (κ3) is 4.21. The van der Waals surface area contributed by atoms with Crippen LogP contribution < -0.4 is 0 Å². The fourth-order valence-corrected chi connectivity index (χ4v) is 3.09. The van der Waals surface area contributed by atoms with Gasteiger partial charge in [-0.2, -0.15) is 0 Å². The van der Waals surface area contributed by atoms with Crippen LogP contribution in [-0.2, 0) is 16.0 Å². The molecule has 6 heteroatoms. The van der Waals surface area contributed by atoms with E-state index in [1.165, 1.54) is 0 Å². The molecule has 0 aromatic heterocycles. The van der Waals surface area contributed by atoms with Gasteiger partial charge in [0.15, 0.2) is 0 Å². The standard InChI is InChI=1S/C15H20N2O2.CH2O2/c18-14-4-1-12(2-5-14)3-6-15(19)17-10-9-16-8-7-13(17)11-16;2-1-3/h1-2,4-5,13,18H,3,6-11H2;1H,(H,2,3). The van der Waals surface area contributed by atoms with Crippen LogP contribution in [0.25, 0.3) is 0 Å². The molecule has 2 bridgehead atoms. The van der Waals surface area contributed by atoms with Crippen molar-refractivity contribution in [2.75, 3.05) is 26.2 Å². The number of aromatic hydroxyl groups is 1. The van der Waals surface area contributed by atoms with Crippen LogP contribution in [0.5, 0.6) is 5.75 Å². The second kappa shape index (κ2) is 7.79. The molecule has 0 aliphatic carbocycles. The zero-order valence-corrected chi connectivity index (χ0v) is 12.5. The highest BCUT2D eigenvalue weighted by molar-refractivity contribution is 5.77. The van der Waals surface area contributed by atoms with E-state index in [9.17, 15) is 9.90 Å². The average Bonchev–Trinajstić information content (AvgIpc) is 2.88. The smallest absolute Gasteiger partial charge is 0.290 e. The van der Waals surface area contributed by atoms with Gasteiger partial charge in [0.1, 0.15) is 5.75 Å². The summed E-state index contributed by atoms with van der Waals surface area (Å²) >= 11 is 0. The largest absolute Gasteiger partial charge is 0.508 e. The Morgan fingerprint density at radius 3 is 2.59 bits per heavy atom. The van der Waals surface area contributed by atoms with Crippen LogP contribution in [0.2, 0.25) is 0 Å². The van der Waals surface area contributed by atoms with E-state index in [1.807, 2.05) is 12.1 Å². The number of benzene rings is 1. The lowest BCUT2D eigenvalue weighted by Gasteiger charge is -2.34. The molecule has 2 aliphatic rings. The molecule has 0 saturated carbocycles. The zero-order valence-electron chi connectivity index (χ0n) is 12.5. The first-order chi connectivity index (χ1) is 10.6. The summed E-state index contributed by atoms with van der Waals surface area (Å²) in [5.74, 6) is 0.553. The normalized spacial score (nSPS) is 22.6. The van der Waals surface area contributed by atoms with Crippen molar-refractivity contribution in [3.8, 4) is 5.75 Å². The molecule has 2 fully saturated rings. The molecule has 0 spiro atoms. The van der Waals surface area contributed by atoms with Crippen LogP contribution in [0.3, 0.4) is 0 Å². The second-order valence-corrected chi connectivity index (χ2v) is 5.60. The molecular formula is C16H22N2O4. The fraction of sp³-hybridized carbons (Fsp3) is 0.500. The number of hydrogen-bond acceptors (Lipinski definition) is 4. The van der Waals surface area contributed by atoms with Crippen LogP contribution in [0.4, 0.5) is 0 Å². The van der Waals surface area contributed by atoms with E-state index in [4.69, 9.17) is 9.90 Å². The highest BCUT2D eigenvalue weighted by atomic mass is 16.3. The Bertz CT molecular complexity index is 503. The summed E-state index contributed by atoms with van der Waals surface area (Å²) in [4.78, 5) is 25.2. The number of phenols is 1. The summed E-state index contributed by atoms with van der Waals surface area (Å²) in [6.45, 7) is 3.87. The maximum Gasteiger partial charge on any atom is 0.290 e. The van der Waals surface area contributed by atoms with Crippen molar-refractivity contribution in [2.24, 2.45) is 0 Å². The number of amides is 1. The predicted octanol–water partition coefficient (Wildman–Crippen LogP) is 0.942. The Morgan fingerprint density at radius 2 is 1.91 bits per heavy atom. The van der Waals surface area contributed by atoms with Crippen molar-refractivity contribution in [2.45, 2.75) is 25.3 Å². The van der Waals surface area contributed by atoms with Crippen molar-refractivity contribution < 1.29 is 19.8 Å². The van der Waals surface area contributed by atoms with Crippen molar-refractivity contribution in [1.82, 2.24) is 9.80 Å². The summed E-state index contributed by atoms with van der Waals surface area (Å²) in [5.41, 5.74) is 1.11. The third-order valence-corrected chi connectivity index (χ3v) is 4.23. The number of carboxylic acid groups (broad SMARTS) is 1. The molecule has 1 aromatic carbocycles. The number of nitrogens with zero attached hydrogens (tertiary/aromatic N) is 2. The minimum atomic E-state index is -0.250. The number of hydrogen-bond donors (Lipinski definition) is 2. The number of fused-ring (bicyclic) bond motifs is 2. The minimum Gasteiger partial charge on any atom is -0.508 e. The first-order valence-electron chi connectivity index (χ1n) is 7.51. The molecule has 2 saturated heterocycles. The Labute approximate surface area is 130 Å². The topological polar surface area (TPSA) is 81.1 Å². The molecule has 1 amide bonds. The van der Waals surface area contributed by atoms with E-state index in [-0.39, 0.29) is 18.1 Å². The van der Waals surface area contributed by atoms with Gasteiger partial charge < -0.3 is 15.1 Å². The lowest BCUT2D eigenvalue weighted by Crippen LogP contribution is -2.49. The number of piperazine rings is 1. The predicted molar refractivity (Wildman–Crippen MR) is 81.7 cm³/mol. The molecule has 3 rings (SSSR count). The molecule has 1 aromatic rings. The van der Waals surface area contributed by atoms with Crippen LogP contribution in [0.1, 0.15) is 18.4 Å². The second-order valence-electron chi connectivity index (χ2n) is 5.60. The van der Waals surface area contributed by atoms with Crippen molar-refractivity contribution in [1.29, 1.82) is 0 Å². The van der Waals surface area contributed by atoms with Gasteiger partial charge in [0.05, 0.1) is 0 Å². The van der Waals surface area contributed by atoms with Crippen molar-refractivity contribution in [3.63, 3.8) is 0 Å². The van der Waals surface area contributed by atoms with Gasteiger partial charge in [0, 0.05) is 38.6 Å². The van der Waals surface area contributed by atoms with Gasteiger partial charge in [-0.1, -0.05) is 12.1 Å². The highest BCUT2D eigenvalue weighted by Crippen LogP contribution is 2.21. The monoisotopic (exact) mass is 306 g/mol. The third-order valence-electron chi connectivity index (χ3n) is 4.23. The summed E-state index contributed by atoms with van der Waals surface area (Å²) in [7, 11) is 0. The number of carbonyl (C=O) groups is 2. The summed E-state index contributed by atoms with van der Waals surface area (Å²) in [6, 6.07) is 7.57. The Morgan fingerprint density at radius 1 is 1.23 bits per heavy atom. The molecule has 6 nitrogen and oxygen atoms in total. The molecule has 120 valence electrons. The zero-order chi connectivity index (χ0) is 15.9. The molecular weight excluding hydrogens is 284 g/mol. The molecule has 0 radical (unpaired) electrons. The van der Waals surface area contributed by atoms with E-state index in [0.29, 0.717) is 12.5 Å². The number of aryl methyl sites for hydroxylation is 1. The van der Waals surface area contributed by atoms with Gasteiger partial charge >= 0.3 is 0 Å². The van der Waals surface area contributed by atoms with E-state index < -0.39 is 0 Å². The van der Waals surface area contributed by atoms with Crippen LogP contribution in [0.15, 0.2) is 24.3 Å². The number of carbonyl (C=O) groups excluding carboxylic acids is 1. The van der Waals surface area contributed by atoms with Crippen molar-refractivity contribution in [3.05, 3.63) is 29.8 Å². The van der Waals surface area contributed by atoms with Crippen LogP contribution in [-0.4, -0.2) is 64.6 Å². The van der Waals surface area contributed by atoms with E-state index >= 15 is 0 Å². The maximum absolute atomic E-state index is 12.3. The van der Waals surface area contributed by atoms with Gasteiger partial charge in [0.25, 0.3) is 6.47 Å². The first-order valence-corrected chi connectivity index (χ1v) is 7.51. The SMILES string of the molecule is O=C(CCc1ccc(O)cc1)N1CCN2CCC1C2.O=CO. The van der Waals surface area contributed by atoms with Crippen LogP contribution in [0, 0.1) is 0 Å². The first kappa shape index (κ1) is 16.3. The fourth-order valence-electron chi connectivity index (χ4n) is 3.09. The van der Waals surface area contributed by atoms with Crippen LogP contribution >= 0.6 is 0 Å². The molecule has 2 unspecified atom stereocenters. The van der Waals surface area contributed by atoms with E-state index in [2.05, 4.69) is 9.80 Å². The molecule has 2 aliphatic heterocycles. The van der Waals surface area contributed by atoms with Crippen molar-refractivity contribution >= 4 is 12.4 Å². The number of rotatable bonds is 3. The molecule has 22 heavy (non-hydrogen) atoms. The minimum absolute atomic E-state index is 0.250. The number of phenolic OH excluding ortho intramolecular Hbond substituents is 1. The van der Waals surface area contributed by atoms with E-state index in [0.717, 1.165) is 44.6 Å². The average molecular weight is 306 g/mol. The maximum atomic E-state index is 12.3. The molecule has 2 N–H and O–H groups in total. The summed E-state index contributed by atoms with van der Waals surface area (Å²) < 4.78 is 0. The molecule has 2 heterocycles. The lowest BCUT2D eigenvalue weighted by molar-refractivity contribution is -0.134. The molecule has 2 atom stereocenters. The van der Waals surface area contributed by atoms with Gasteiger partial charge in [-0.15, -0.1) is 0 Å². The summed E-state index contributed by atoms with van der Waals surface area (Å²) in [5, 5.41) is 16.1.